The normalized spacial score (nSPS) is 16.7. The summed E-state index contributed by atoms with van der Waals surface area (Å²) in [4.78, 5) is 22.7. The van der Waals surface area contributed by atoms with Crippen molar-refractivity contribution in [3.8, 4) is 0 Å². The summed E-state index contributed by atoms with van der Waals surface area (Å²) in [5, 5.41) is 23.1. The molecule has 2 N–H and O–H groups in total. The van der Waals surface area contributed by atoms with Gasteiger partial charge in [-0.2, -0.15) is 26.3 Å². The van der Waals surface area contributed by atoms with E-state index < -0.39 is 24.3 Å². The van der Waals surface area contributed by atoms with Gasteiger partial charge in [0.15, 0.2) is 0 Å². The van der Waals surface area contributed by atoms with Crippen molar-refractivity contribution < 1.29 is 46.1 Å². The number of carbonyl (C=O) groups is 2. The number of alkyl halides is 6. The van der Waals surface area contributed by atoms with Gasteiger partial charge < -0.3 is 19.7 Å². The van der Waals surface area contributed by atoms with Gasteiger partial charge in [-0.05, 0) is 39.7 Å². The third-order valence-corrected chi connectivity index (χ3v) is 5.17. The van der Waals surface area contributed by atoms with E-state index in [-0.39, 0.29) is 0 Å². The minimum atomic E-state index is -5.08. The Morgan fingerprint density at radius 2 is 1.50 bits per heavy atom. The highest BCUT2D eigenvalue weighted by atomic mass is 19.4. The van der Waals surface area contributed by atoms with E-state index in [0.717, 1.165) is 44.3 Å². The van der Waals surface area contributed by atoms with Gasteiger partial charge in [0.25, 0.3) is 0 Å². The lowest BCUT2D eigenvalue weighted by atomic mass is 10.3. The molecule has 1 aromatic rings. The van der Waals surface area contributed by atoms with Crippen molar-refractivity contribution in [1.82, 2.24) is 24.6 Å². The first-order chi connectivity index (χ1) is 15.5. The molecule has 2 heterocycles. The number of halogens is 6. The summed E-state index contributed by atoms with van der Waals surface area (Å²) in [6, 6.07) is 0.542. The number of aliphatic carboxylic acids is 2. The summed E-state index contributed by atoms with van der Waals surface area (Å²) in [5.41, 5.74) is 0. The molecule has 34 heavy (non-hydrogen) atoms. The van der Waals surface area contributed by atoms with Crippen molar-refractivity contribution in [1.29, 1.82) is 0 Å². The van der Waals surface area contributed by atoms with Crippen LogP contribution in [0.1, 0.15) is 38.3 Å². The van der Waals surface area contributed by atoms with Gasteiger partial charge in [-0.1, -0.05) is 0 Å². The third kappa shape index (κ3) is 10.7. The SMILES string of the molecule is CC(C)N(C)Cc1nnc2n1CCN(CC1CC1)CC2.O=C(O)C(F)(F)F.O=C(O)C(F)(F)F. The van der Waals surface area contributed by atoms with Crippen molar-refractivity contribution in [3.05, 3.63) is 11.6 Å². The Kier molecular flexibility index (Phi) is 10.7. The van der Waals surface area contributed by atoms with Crippen molar-refractivity contribution >= 4 is 11.9 Å². The van der Waals surface area contributed by atoms with Crippen LogP contribution in [0.3, 0.4) is 0 Å². The fourth-order valence-corrected chi connectivity index (χ4v) is 2.80. The lowest BCUT2D eigenvalue weighted by Crippen LogP contribution is -2.30. The molecule has 15 heteroatoms. The summed E-state index contributed by atoms with van der Waals surface area (Å²) < 4.78 is 65.8. The molecule has 0 atom stereocenters. The molecular formula is C19H29F6N5O4. The predicted octanol–water partition coefficient (Wildman–Crippen LogP) is 2.65. The van der Waals surface area contributed by atoms with E-state index in [4.69, 9.17) is 19.8 Å². The summed E-state index contributed by atoms with van der Waals surface area (Å²) in [5.74, 6) is -2.23. The molecule has 196 valence electrons. The molecule has 0 unspecified atom stereocenters. The number of hydrogen-bond donors (Lipinski definition) is 2. The molecule has 9 nitrogen and oxygen atoms in total. The number of fused-ring (bicyclic) bond motifs is 1. The topological polar surface area (TPSA) is 112 Å². The molecule has 1 aliphatic carbocycles. The summed E-state index contributed by atoms with van der Waals surface area (Å²) in [6.07, 6.45) is -6.24. The Morgan fingerprint density at radius 1 is 1.00 bits per heavy atom. The summed E-state index contributed by atoms with van der Waals surface area (Å²) in [6.45, 7) is 9.98. The highest BCUT2D eigenvalue weighted by Gasteiger charge is 2.38. The molecule has 3 rings (SSSR count). The first kappa shape index (κ1) is 29.6. The van der Waals surface area contributed by atoms with Crippen LogP contribution in [0.15, 0.2) is 0 Å². The third-order valence-electron chi connectivity index (χ3n) is 5.17. The molecule has 0 bridgehead atoms. The fraction of sp³-hybridized carbons (Fsp3) is 0.789. The number of hydrogen-bond acceptors (Lipinski definition) is 6. The predicted molar refractivity (Wildman–Crippen MR) is 107 cm³/mol. The number of aromatic nitrogens is 3. The van der Waals surface area contributed by atoms with Crippen LogP contribution in [0.5, 0.6) is 0 Å². The molecule has 0 saturated heterocycles. The molecule has 1 saturated carbocycles. The maximum absolute atomic E-state index is 10.6. The maximum atomic E-state index is 10.6. The lowest BCUT2D eigenvalue weighted by molar-refractivity contribution is -0.193. The Bertz CT molecular complexity index is 784. The minimum absolute atomic E-state index is 0.542. The van der Waals surface area contributed by atoms with E-state index in [1.165, 1.54) is 25.2 Å². The zero-order valence-corrected chi connectivity index (χ0v) is 19.0. The Morgan fingerprint density at radius 3 is 1.91 bits per heavy atom. The second-order valence-electron chi connectivity index (χ2n) is 8.29. The van der Waals surface area contributed by atoms with Crippen LogP contribution in [0.25, 0.3) is 0 Å². The average molecular weight is 505 g/mol. The van der Waals surface area contributed by atoms with E-state index in [9.17, 15) is 26.3 Å². The molecule has 0 aromatic carbocycles. The molecule has 1 aliphatic heterocycles. The second kappa shape index (κ2) is 12.3. The lowest BCUT2D eigenvalue weighted by Gasteiger charge is -2.21. The highest BCUT2D eigenvalue weighted by Crippen LogP contribution is 2.30. The molecule has 1 aromatic heterocycles. The molecule has 1 fully saturated rings. The average Bonchev–Trinajstić information content (AvgIpc) is 3.47. The molecule has 2 aliphatic rings. The van der Waals surface area contributed by atoms with Crippen molar-refractivity contribution in [3.63, 3.8) is 0 Å². The zero-order chi connectivity index (χ0) is 26.3. The quantitative estimate of drug-likeness (QED) is 0.588. The maximum Gasteiger partial charge on any atom is 0.490 e. The van der Waals surface area contributed by atoms with Crippen molar-refractivity contribution in [2.45, 2.75) is 64.6 Å². The Hall–Kier alpha value is -2.42. The van der Waals surface area contributed by atoms with E-state index >= 15 is 0 Å². The first-order valence-electron chi connectivity index (χ1n) is 10.5. The van der Waals surface area contributed by atoms with Gasteiger partial charge in [-0.3, -0.25) is 4.90 Å². The van der Waals surface area contributed by atoms with Gasteiger partial charge in [-0.25, -0.2) is 9.59 Å². The van der Waals surface area contributed by atoms with Gasteiger partial charge in [0.2, 0.25) is 0 Å². The summed E-state index contributed by atoms with van der Waals surface area (Å²) >= 11 is 0. The van der Waals surface area contributed by atoms with Gasteiger partial charge in [0, 0.05) is 38.6 Å². The zero-order valence-electron chi connectivity index (χ0n) is 19.0. The van der Waals surface area contributed by atoms with E-state index in [1.807, 2.05) is 0 Å². The van der Waals surface area contributed by atoms with Crippen LogP contribution in [0.4, 0.5) is 26.3 Å². The Balaban J connectivity index is 0.000000343. The van der Waals surface area contributed by atoms with Crippen molar-refractivity contribution in [2.24, 2.45) is 5.92 Å². The van der Waals surface area contributed by atoms with Crippen LogP contribution in [0.2, 0.25) is 0 Å². The Labute approximate surface area is 192 Å². The number of nitrogens with zero attached hydrogens (tertiary/aromatic N) is 5. The van der Waals surface area contributed by atoms with Crippen LogP contribution in [-0.4, -0.2) is 91.8 Å². The number of rotatable bonds is 5. The smallest absolute Gasteiger partial charge is 0.475 e. The van der Waals surface area contributed by atoms with E-state index in [1.54, 1.807) is 0 Å². The van der Waals surface area contributed by atoms with Gasteiger partial charge in [0.05, 0.1) is 6.54 Å². The standard InChI is InChI=1S/C15H27N5.2C2HF3O2/c1-12(2)18(3)11-15-17-16-14-6-7-19(8-9-20(14)15)10-13-4-5-13;2*3-2(4,5)1(6)7/h12-13H,4-11H2,1-3H3;2*(H,6,7). The summed E-state index contributed by atoms with van der Waals surface area (Å²) in [7, 11) is 2.16. The molecule has 0 amide bonds. The van der Waals surface area contributed by atoms with E-state index in [0.29, 0.717) is 6.04 Å². The first-order valence-corrected chi connectivity index (χ1v) is 10.5. The fourth-order valence-electron chi connectivity index (χ4n) is 2.80. The van der Waals surface area contributed by atoms with Crippen LogP contribution < -0.4 is 0 Å². The van der Waals surface area contributed by atoms with Crippen molar-refractivity contribution in [2.75, 3.05) is 26.7 Å². The monoisotopic (exact) mass is 505 g/mol. The highest BCUT2D eigenvalue weighted by molar-refractivity contribution is 5.73. The van der Waals surface area contributed by atoms with Gasteiger partial charge in [0.1, 0.15) is 11.6 Å². The van der Waals surface area contributed by atoms with Crippen LogP contribution in [0, 0.1) is 5.92 Å². The number of carboxylic acid groups (broad SMARTS) is 2. The largest absolute Gasteiger partial charge is 0.490 e. The number of carboxylic acids is 2. The van der Waals surface area contributed by atoms with Gasteiger partial charge >= 0.3 is 24.3 Å². The van der Waals surface area contributed by atoms with Crippen LogP contribution >= 0.6 is 0 Å². The molecule has 0 radical (unpaired) electrons. The second-order valence-corrected chi connectivity index (χ2v) is 8.29. The molecule has 0 spiro atoms. The van der Waals surface area contributed by atoms with Gasteiger partial charge in [-0.15, -0.1) is 10.2 Å². The van der Waals surface area contributed by atoms with Crippen LogP contribution in [-0.2, 0) is 29.1 Å². The van der Waals surface area contributed by atoms with E-state index in [2.05, 4.69) is 45.5 Å². The minimum Gasteiger partial charge on any atom is -0.475 e. The molecular weight excluding hydrogens is 476 g/mol.